The molecule has 5 nitrogen and oxygen atoms in total. The molecule has 0 aromatic heterocycles. The topological polar surface area (TPSA) is 75.6 Å². The van der Waals surface area contributed by atoms with Crippen LogP contribution in [0.4, 0.5) is 0 Å². The van der Waals surface area contributed by atoms with Crippen molar-refractivity contribution in [3.63, 3.8) is 0 Å². The molecule has 1 saturated carbocycles. The Labute approximate surface area is 127 Å². The van der Waals surface area contributed by atoms with Crippen molar-refractivity contribution in [1.82, 2.24) is 5.32 Å². The minimum atomic E-state index is -0.728. The smallest absolute Gasteiger partial charge is 0.307 e. The van der Waals surface area contributed by atoms with E-state index < -0.39 is 5.97 Å². The van der Waals surface area contributed by atoms with E-state index in [1.807, 2.05) is 27.7 Å². The van der Waals surface area contributed by atoms with Gasteiger partial charge in [-0.2, -0.15) is 0 Å². The van der Waals surface area contributed by atoms with Crippen LogP contribution < -0.4 is 5.32 Å². The summed E-state index contributed by atoms with van der Waals surface area (Å²) in [4.78, 5) is 23.3. The highest BCUT2D eigenvalue weighted by atomic mass is 16.5. The molecule has 0 spiro atoms. The van der Waals surface area contributed by atoms with Crippen LogP contribution in [0.3, 0.4) is 0 Å². The molecule has 0 aromatic carbocycles. The van der Waals surface area contributed by atoms with Crippen LogP contribution in [-0.4, -0.2) is 36.2 Å². The summed E-state index contributed by atoms with van der Waals surface area (Å²) in [5.74, 6) is -0.883. The van der Waals surface area contributed by atoms with Crippen LogP contribution in [0.1, 0.15) is 53.4 Å². The second kappa shape index (κ2) is 7.78. The quantitative estimate of drug-likeness (QED) is 0.708. The zero-order chi connectivity index (χ0) is 16.0. The second-order valence-corrected chi connectivity index (χ2v) is 6.55. The monoisotopic (exact) mass is 299 g/mol. The Morgan fingerprint density at radius 3 is 2.57 bits per heavy atom. The second-order valence-electron chi connectivity index (χ2n) is 6.55. The number of hydrogen-bond donors (Lipinski definition) is 2. The Kier molecular flexibility index (Phi) is 6.65. The minimum absolute atomic E-state index is 0.0381. The molecular formula is C16H29NO4. The van der Waals surface area contributed by atoms with Crippen LogP contribution in [0, 0.1) is 17.3 Å². The number of amides is 1. The van der Waals surface area contributed by atoms with Gasteiger partial charge in [-0.3, -0.25) is 9.59 Å². The van der Waals surface area contributed by atoms with E-state index >= 15 is 0 Å². The SMILES string of the molecule is CCOCCCC(=O)NC1CCC(C(=O)O)C(C)(C)C1C. The maximum atomic E-state index is 12.0. The lowest BCUT2D eigenvalue weighted by Gasteiger charge is -2.46. The molecule has 0 heterocycles. The van der Waals surface area contributed by atoms with Gasteiger partial charge in [0, 0.05) is 25.7 Å². The lowest BCUT2D eigenvalue weighted by atomic mass is 9.61. The maximum absolute atomic E-state index is 12.0. The van der Waals surface area contributed by atoms with Crippen molar-refractivity contribution in [1.29, 1.82) is 0 Å². The van der Waals surface area contributed by atoms with Crippen molar-refractivity contribution in [2.75, 3.05) is 13.2 Å². The fraction of sp³-hybridized carbons (Fsp3) is 0.875. The first-order valence-corrected chi connectivity index (χ1v) is 7.90. The van der Waals surface area contributed by atoms with E-state index in [0.717, 1.165) is 12.8 Å². The van der Waals surface area contributed by atoms with Gasteiger partial charge in [-0.15, -0.1) is 0 Å². The summed E-state index contributed by atoms with van der Waals surface area (Å²) < 4.78 is 5.22. The molecule has 3 atom stereocenters. The molecule has 0 saturated heterocycles. The number of carbonyl (C=O) groups is 2. The molecule has 122 valence electrons. The number of rotatable bonds is 7. The van der Waals surface area contributed by atoms with Gasteiger partial charge in [0.25, 0.3) is 0 Å². The minimum Gasteiger partial charge on any atom is -0.481 e. The highest BCUT2D eigenvalue weighted by Gasteiger charge is 2.46. The summed E-state index contributed by atoms with van der Waals surface area (Å²) >= 11 is 0. The molecule has 0 aliphatic heterocycles. The predicted octanol–water partition coefficient (Wildman–Crippen LogP) is 2.44. The van der Waals surface area contributed by atoms with Gasteiger partial charge in [0.15, 0.2) is 0 Å². The molecule has 2 N–H and O–H groups in total. The molecule has 1 aliphatic rings. The van der Waals surface area contributed by atoms with Gasteiger partial charge in [-0.25, -0.2) is 0 Å². The number of ether oxygens (including phenoxy) is 1. The molecule has 21 heavy (non-hydrogen) atoms. The van der Waals surface area contributed by atoms with Gasteiger partial charge >= 0.3 is 5.97 Å². The average Bonchev–Trinajstić information content (AvgIpc) is 2.40. The van der Waals surface area contributed by atoms with E-state index in [-0.39, 0.29) is 29.2 Å². The largest absolute Gasteiger partial charge is 0.481 e. The summed E-state index contributed by atoms with van der Waals surface area (Å²) in [6.07, 6.45) is 2.54. The molecule has 1 amide bonds. The van der Waals surface area contributed by atoms with E-state index in [0.29, 0.717) is 26.1 Å². The zero-order valence-corrected chi connectivity index (χ0v) is 13.6. The highest BCUT2D eigenvalue weighted by molar-refractivity contribution is 5.76. The third kappa shape index (κ3) is 4.70. The summed E-state index contributed by atoms with van der Waals surface area (Å²) in [7, 11) is 0. The van der Waals surface area contributed by atoms with Crippen LogP contribution >= 0.6 is 0 Å². The van der Waals surface area contributed by atoms with Crippen molar-refractivity contribution in [3.8, 4) is 0 Å². The van der Waals surface area contributed by atoms with Gasteiger partial charge in [0.05, 0.1) is 5.92 Å². The summed E-state index contributed by atoms with van der Waals surface area (Å²) in [6.45, 7) is 9.24. The Balaban J connectivity index is 2.50. The number of hydrogen-bond acceptors (Lipinski definition) is 3. The number of carboxylic acid groups (broad SMARTS) is 1. The van der Waals surface area contributed by atoms with E-state index in [1.54, 1.807) is 0 Å². The first kappa shape index (κ1) is 18.0. The molecule has 1 fully saturated rings. The maximum Gasteiger partial charge on any atom is 0.307 e. The standard InChI is InChI=1S/C16H29NO4/c1-5-21-10-6-7-14(18)17-13-9-8-12(15(19)20)16(3,4)11(13)2/h11-13H,5-10H2,1-4H3,(H,17,18)(H,19,20). The molecule has 0 aromatic rings. The van der Waals surface area contributed by atoms with Crippen molar-refractivity contribution in [3.05, 3.63) is 0 Å². The number of carbonyl (C=O) groups excluding carboxylic acids is 1. The summed E-state index contributed by atoms with van der Waals surface area (Å²) in [5, 5.41) is 12.4. The summed E-state index contributed by atoms with van der Waals surface area (Å²) in [5.41, 5.74) is -0.312. The van der Waals surface area contributed by atoms with E-state index in [2.05, 4.69) is 5.32 Å². The van der Waals surface area contributed by atoms with E-state index in [4.69, 9.17) is 4.74 Å². The average molecular weight is 299 g/mol. The molecule has 0 radical (unpaired) electrons. The van der Waals surface area contributed by atoms with Gasteiger partial charge in [0.2, 0.25) is 5.91 Å². The highest BCUT2D eigenvalue weighted by Crippen LogP contribution is 2.45. The Morgan fingerprint density at radius 1 is 1.33 bits per heavy atom. The van der Waals surface area contributed by atoms with Crippen molar-refractivity contribution < 1.29 is 19.4 Å². The lowest BCUT2D eigenvalue weighted by Crippen LogP contribution is -2.52. The molecule has 1 aliphatic carbocycles. The van der Waals surface area contributed by atoms with Gasteiger partial charge in [0.1, 0.15) is 0 Å². The van der Waals surface area contributed by atoms with E-state index in [9.17, 15) is 14.7 Å². The van der Waals surface area contributed by atoms with Crippen molar-refractivity contribution in [2.24, 2.45) is 17.3 Å². The first-order valence-electron chi connectivity index (χ1n) is 7.90. The number of nitrogens with one attached hydrogen (secondary N) is 1. The normalized spacial score (nSPS) is 28.1. The van der Waals surface area contributed by atoms with Crippen LogP contribution in [0.5, 0.6) is 0 Å². The van der Waals surface area contributed by atoms with Gasteiger partial charge in [-0.05, 0) is 37.5 Å². The third-order valence-corrected chi connectivity index (χ3v) is 4.98. The Morgan fingerprint density at radius 2 is 2.00 bits per heavy atom. The van der Waals surface area contributed by atoms with Gasteiger partial charge in [-0.1, -0.05) is 20.8 Å². The number of aliphatic carboxylic acids is 1. The van der Waals surface area contributed by atoms with Crippen molar-refractivity contribution in [2.45, 2.75) is 59.4 Å². The van der Waals surface area contributed by atoms with Crippen LogP contribution in [0.25, 0.3) is 0 Å². The van der Waals surface area contributed by atoms with Crippen LogP contribution in [0.2, 0.25) is 0 Å². The Bertz CT molecular complexity index is 367. The fourth-order valence-corrected chi connectivity index (χ4v) is 3.20. The van der Waals surface area contributed by atoms with E-state index in [1.165, 1.54) is 0 Å². The zero-order valence-electron chi connectivity index (χ0n) is 13.6. The predicted molar refractivity (Wildman–Crippen MR) is 81.0 cm³/mol. The van der Waals surface area contributed by atoms with Crippen LogP contribution in [0.15, 0.2) is 0 Å². The summed E-state index contributed by atoms with van der Waals surface area (Å²) in [6, 6.07) is 0.0650. The number of carboxylic acids is 1. The van der Waals surface area contributed by atoms with Gasteiger partial charge < -0.3 is 15.2 Å². The Hall–Kier alpha value is -1.10. The van der Waals surface area contributed by atoms with Crippen molar-refractivity contribution >= 4 is 11.9 Å². The molecule has 3 unspecified atom stereocenters. The lowest BCUT2D eigenvalue weighted by molar-refractivity contribution is -0.150. The fourth-order valence-electron chi connectivity index (χ4n) is 3.20. The molecular weight excluding hydrogens is 270 g/mol. The molecule has 5 heteroatoms. The third-order valence-electron chi connectivity index (χ3n) is 4.98. The molecule has 0 bridgehead atoms. The van der Waals surface area contributed by atoms with Crippen LogP contribution in [-0.2, 0) is 14.3 Å². The first-order chi connectivity index (χ1) is 9.80. The molecule has 1 rings (SSSR count).